The number of nitrogens with one attached hydrogen (secondary N) is 2. The summed E-state index contributed by atoms with van der Waals surface area (Å²) in [5.41, 5.74) is 4.64. The Morgan fingerprint density at radius 2 is 1.90 bits per heavy atom. The van der Waals surface area contributed by atoms with Crippen LogP contribution in [0.2, 0.25) is 10.0 Å². The summed E-state index contributed by atoms with van der Waals surface area (Å²) in [5.74, 6) is -1.29. The van der Waals surface area contributed by atoms with Crippen LogP contribution in [0.15, 0.2) is 60.8 Å². The molecule has 1 aromatic heterocycles. The molecule has 2 heterocycles. The van der Waals surface area contributed by atoms with Gasteiger partial charge in [-0.3, -0.25) is 19.4 Å². The molecule has 1 unspecified atom stereocenters. The minimum absolute atomic E-state index is 0.0518. The van der Waals surface area contributed by atoms with E-state index in [1.807, 2.05) is 6.07 Å². The number of fused-ring (bicyclic) bond motifs is 1. The Morgan fingerprint density at radius 3 is 2.64 bits per heavy atom. The highest BCUT2D eigenvalue weighted by Crippen LogP contribution is 2.50. The second kappa shape index (κ2) is 13.6. The summed E-state index contributed by atoms with van der Waals surface area (Å²) >= 11 is 11.9. The van der Waals surface area contributed by atoms with E-state index >= 15 is 0 Å². The molecule has 0 radical (unpaired) electrons. The Balaban J connectivity index is 1.64. The van der Waals surface area contributed by atoms with Crippen molar-refractivity contribution >= 4 is 46.4 Å². The fourth-order valence-electron chi connectivity index (χ4n) is 6.05. The Labute approximate surface area is 258 Å². The first kappa shape index (κ1) is 30.6. The van der Waals surface area contributed by atoms with E-state index in [0.717, 1.165) is 19.3 Å². The molecule has 2 aromatic carbocycles. The fourth-order valence-corrected chi connectivity index (χ4v) is 7.33. The van der Waals surface area contributed by atoms with E-state index in [-0.39, 0.29) is 29.6 Å². The molecule has 12 heteroatoms. The van der Waals surface area contributed by atoms with Crippen molar-refractivity contribution in [2.24, 2.45) is 0 Å². The number of hydrogen-bond donors (Lipinski definition) is 2. The third kappa shape index (κ3) is 6.39. The molecular weight excluding hydrogens is 599 g/mol. The van der Waals surface area contributed by atoms with Crippen LogP contribution in [0.3, 0.4) is 0 Å². The lowest BCUT2D eigenvalue weighted by Gasteiger charge is -2.49. The molecule has 2 aliphatic rings. The zero-order chi connectivity index (χ0) is 29.8. The summed E-state index contributed by atoms with van der Waals surface area (Å²) < 4.78 is 21.2. The summed E-state index contributed by atoms with van der Waals surface area (Å²) in [6.07, 6.45) is 6.38. The van der Waals surface area contributed by atoms with Crippen molar-refractivity contribution in [2.45, 2.75) is 56.3 Å². The third-order valence-electron chi connectivity index (χ3n) is 7.75. The number of carbonyl (C=O) groups excluding carboxylic acids is 2. The van der Waals surface area contributed by atoms with Gasteiger partial charge in [-0.1, -0.05) is 60.3 Å². The molecule has 1 fully saturated rings. The number of carbonyl (C=O) groups is 2. The Bertz CT molecular complexity index is 1430. The van der Waals surface area contributed by atoms with Gasteiger partial charge in [0.1, 0.15) is 18.6 Å². The molecule has 0 spiro atoms. The first-order valence-electron chi connectivity index (χ1n) is 13.7. The van der Waals surface area contributed by atoms with Gasteiger partial charge in [0.2, 0.25) is 0 Å². The van der Waals surface area contributed by atoms with E-state index in [1.165, 1.54) is 7.11 Å². The smallest absolute Gasteiger partial charge is 0.255 e. The molecule has 2 N–H and O–H groups in total. The van der Waals surface area contributed by atoms with Gasteiger partial charge in [-0.2, -0.15) is 0 Å². The second-order valence-corrected chi connectivity index (χ2v) is 12.3. The van der Waals surface area contributed by atoms with E-state index in [1.54, 1.807) is 65.9 Å². The number of methoxy groups -OCH3 is 1. The van der Waals surface area contributed by atoms with E-state index in [0.29, 0.717) is 39.6 Å². The molecular formula is C30H32Cl2N4O5S. The Morgan fingerprint density at radius 1 is 1.14 bits per heavy atom. The van der Waals surface area contributed by atoms with Crippen LogP contribution in [0, 0.1) is 0 Å². The van der Waals surface area contributed by atoms with Gasteiger partial charge in [0.25, 0.3) is 11.8 Å². The standard InChI is InChI=1S/C30H32Cl2N4O5S/c1-40-25-16-18(31)15-22(32)27(25)28-26(29(37)34-41-17-19-9-7-8-14-33-19)20-10-3-4-11-21(20)30(38)36(28)24-13-6-5-12-23(24)35-42(2)39/h3-4,7-11,14-16,23-24,26,28,35H,5-6,12-13,17H2,1-2H3,(H,34,37)/t23-,24-,26-,28-,42?/m1/s1. The molecule has 42 heavy (non-hydrogen) atoms. The van der Waals surface area contributed by atoms with Crippen molar-refractivity contribution in [3.05, 3.63) is 93.2 Å². The molecule has 1 aliphatic carbocycles. The zero-order valence-electron chi connectivity index (χ0n) is 23.2. The van der Waals surface area contributed by atoms with Crippen molar-refractivity contribution in [2.75, 3.05) is 13.4 Å². The Hall–Kier alpha value is -2.86. The van der Waals surface area contributed by atoms with Crippen LogP contribution in [0.25, 0.3) is 0 Å². The summed E-state index contributed by atoms with van der Waals surface area (Å²) in [5, 5.41) is 0.612. The number of rotatable bonds is 9. The molecule has 0 bridgehead atoms. The average Bonchev–Trinajstić information content (AvgIpc) is 2.97. The second-order valence-electron chi connectivity index (χ2n) is 10.3. The molecule has 222 valence electrons. The lowest BCUT2D eigenvalue weighted by atomic mass is 9.76. The molecule has 1 saturated carbocycles. The number of nitrogens with zero attached hydrogens (tertiary/aromatic N) is 2. The zero-order valence-corrected chi connectivity index (χ0v) is 25.5. The van der Waals surface area contributed by atoms with E-state index < -0.39 is 29.2 Å². The summed E-state index contributed by atoms with van der Waals surface area (Å²) in [7, 11) is 1.49. The van der Waals surface area contributed by atoms with E-state index in [2.05, 4.69) is 15.2 Å². The monoisotopic (exact) mass is 630 g/mol. The number of hydroxylamine groups is 1. The van der Waals surface area contributed by atoms with Crippen molar-refractivity contribution in [3.8, 4) is 5.75 Å². The highest BCUT2D eigenvalue weighted by Gasteiger charge is 2.50. The topological polar surface area (TPSA) is 116 Å². The lowest BCUT2D eigenvalue weighted by molar-refractivity contribution is -0.138. The van der Waals surface area contributed by atoms with Crippen LogP contribution < -0.4 is 14.9 Å². The summed E-state index contributed by atoms with van der Waals surface area (Å²) in [4.78, 5) is 40.1. The molecule has 9 nitrogen and oxygen atoms in total. The van der Waals surface area contributed by atoms with Crippen molar-refractivity contribution in [3.63, 3.8) is 0 Å². The van der Waals surface area contributed by atoms with E-state index in [4.69, 9.17) is 32.8 Å². The molecule has 0 saturated heterocycles. The minimum Gasteiger partial charge on any atom is -0.598 e. The van der Waals surface area contributed by atoms with Crippen molar-refractivity contribution < 1.29 is 23.7 Å². The number of hydrogen-bond acceptors (Lipinski definition) is 7. The molecule has 3 aromatic rings. The summed E-state index contributed by atoms with van der Waals surface area (Å²) in [6.45, 7) is 0.0518. The number of halogens is 2. The van der Waals surface area contributed by atoms with Gasteiger partial charge < -0.3 is 14.2 Å². The SMILES string of the molecule is COc1cc(Cl)cc(Cl)c1[C@H]1[C@H](C(=O)NOCc2ccccn2)c2ccccc2C(=O)N1[C@@H]1CCCC[C@H]1N[S+](C)[O-]. The molecule has 1 aliphatic heterocycles. The first-order chi connectivity index (χ1) is 20.3. The van der Waals surface area contributed by atoms with Gasteiger partial charge >= 0.3 is 0 Å². The van der Waals surface area contributed by atoms with Crippen LogP contribution in [0.4, 0.5) is 0 Å². The normalized spacial score (nSPS) is 22.8. The van der Waals surface area contributed by atoms with Gasteiger partial charge in [-0.25, -0.2) is 5.48 Å². The van der Waals surface area contributed by atoms with Crippen LogP contribution in [0.1, 0.15) is 64.8 Å². The van der Waals surface area contributed by atoms with Crippen LogP contribution >= 0.6 is 23.2 Å². The van der Waals surface area contributed by atoms with E-state index in [9.17, 15) is 14.1 Å². The predicted molar refractivity (Wildman–Crippen MR) is 162 cm³/mol. The fraction of sp³-hybridized carbons (Fsp3) is 0.367. The van der Waals surface area contributed by atoms with Gasteiger partial charge in [-0.15, -0.1) is 4.72 Å². The summed E-state index contributed by atoms with van der Waals surface area (Å²) in [6, 6.07) is 14.1. The van der Waals surface area contributed by atoms with Crippen LogP contribution in [0.5, 0.6) is 5.75 Å². The maximum Gasteiger partial charge on any atom is 0.255 e. The van der Waals surface area contributed by atoms with Gasteiger partial charge in [0, 0.05) is 33.7 Å². The largest absolute Gasteiger partial charge is 0.598 e. The Kier molecular flexibility index (Phi) is 9.92. The maximum absolute atomic E-state index is 14.4. The number of ether oxygens (including phenoxy) is 1. The van der Waals surface area contributed by atoms with Gasteiger partial charge in [0.05, 0.1) is 41.9 Å². The van der Waals surface area contributed by atoms with Gasteiger partial charge in [-0.05, 0) is 48.7 Å². The average molecular weight is 632 g/mol. The quantitative estimate of drug-likeness (QED) is 0.249. The number of benzene rings is 2. The van der Waals surface area contributed by atoms with Crippen molar-refractivity contribution in [1.82, 2.24) is 20.1 Å². The highest BCUT2D eigenvalue weighted by molar-refractivity contribution is 7.88. The highest BCUT2D eigenvalue weighted by atomic mass is 35.5. The van der Waals surface area contributed by atoms with Crippen molar-refractivity contribution in [1.29, 1.82) is 0 Å². The number of pyridine rings is 1. The maximum atomic E-state index is 14.4. The molecule has 5 rings (SSSR count). The predicted octanol–water partition coefficient (Wildman–Crippen LogP) is 5.12. The number of amides is 2. The third-order valence-corrected chi connectivity index (χ3v) is 8.92. The first-order valence-corrected chi connectivity index (χ1v) is 16.0. The molecule has 5 atom stereocenters. The molecule has 2 amide bonds. The van der Waals surface area contributed by atoms with Crippen LogP contribution in [-0.4, -0.2) is 51.7 Å². The number of aromatic nitrogens is 1. The minimum atomic E-state index is -1.32. The lowest BCUT2D eigenvalue weighted by Crippen LogP contribution is -2.59. The van der Waals surface area contributed by atoms with Crippen LogP contribution in [-0.2, 0) is 27.6 Å². The van der Waals surface area contributed by atoms with Gasteiger partial charge in [0.15, 0.2) is 0 Å².